The fraction of sp³-hybridized carbons (Fsp3) is 0.300. The van der Waals surface area contributed by atoms with Crippen LogP contribution >= 0.6 is 0 Å². The van der Waals surface area contributed by atoms with Gasteiger partial charge in [-0.15, -0.1) is 0 Å². The molecule has 0 saturated heterocycles. The highest BCUT2D eigenvalue weighted by Crippen LogP contribution is 2.20. The molecule has 2 aromatic rings. The number of ether oxygens (including phenoxy) is 3. The van der Waals surface area contributed by atoms with Crippen molar-refractivity contribution in [2.75, 3.05) is 25.6 Å². The number of H-pyrrole nitrogens is 1. The molecule has 1 aromatic heterocycles. The van der Waals surface area contributed by atoms with E-state index in [0.717, 1.165) is 0 Å². The number of rotatable bonds is 7. The Balaban J connectivity index is 1.89. The molecule has 10 nitrogen and oxygen atoms in total. The van der Waals surface area contributed by atoms with Gasteiger partial charge in [-0.1, -0.05) is 0 Å². The fourth-order valence-electron chi connectivity index (χ4n) is 2.67. The van der Waals surface area contributed by atoms with Crippen molar-refractivity contribution in [2.45, 2.75) is 20.8 Å². The zero-order valence-electron chi connectivity index (χ0n) is 17.1. The highest BCUT2D eigenvalue weighted by Gasteiger charge is 2.24. The molecule has 0 aliphatic rings. The van der Waals surface area contributed by atoms with Crippen molar-refractivity contribution in [1.29, 1.82) is 0 Å². The number of aryl methyl sites for hydroxylation is 1. The second kappa shape index (κ2) is 10.1. The van der Waals surface area contributed by atoms with Gasteiger partial charge >= 0.3 is 18.0 Å². The first kappa shape index (κ1) is 22.5. The number of carbonyl (C=O) groups is 4. The highest BCUT2D eigenvalue weighted by molar-refractivity contribution is 6.03. The minimum Gasteiger partial charge on any atom is -0.497 e. The van der Waals surface area contributed by atoms with Crippen molar-refractivity contribution in [3.63, 3.8) is 0 Å². The summed E-state index contributed by atoms with van der Waals surface area (Å²) in [6, 6.07) is 5.70. The molecular formula is C20H23N3O7. The Bertz CT molecular complexity index is 948. The number of methoxy groups -OCH3 is 1. The first-order valence-corrected chi connectivity index (χ1v) is 9.05. The molecule has 0 radical (unpaired) electrons. The van der Waals surface area contributed by atoms with Crippen LogP contribution in [0.5, 0.6) is 5.75 Å². The van der Waals surface area contributed by atoms with Gasteiger partial charge in [0.2, 0.25) is 0 Å². The van der Waals surface area contributed by atoms with Crippen molar-refractivity contribution in [3.05, 3.63) is 46.8 Å². The molecule has 3 N–H and O–H groups in total. The lowest BCUT2D eigenvalue weighted by molar-refractivity contribution is -0.123. The molecule has 0 aliphatic carbocycles. The third-order valence-corrected chi connectivity index (χ3v) is 4.06. The molecule has 0 bridgehead atoms. The average molecular weight is 417 g/mol. The number of urea groups is 1. The van der Waals surface area contributed by atoms with Crippen LogP contribution in [0.1, 0.15) is 39.0 Å². The van der Waals surface area contributed by atoms with Crippen molar-refractivity contribution < 1.29 is 33.4 Å². The van der Waals surface area contributed by atoms with Gasteiger partial charge in [-0.2, -0.15) is 0 Å². The minimum absolute atomic E-state index is 0.0334. The second-order valence-electron chi connectivity index (χ2n) is 6.15. The number of benzene rings is 1. The maximum atomic E-state index is 12.3. The standard InChI is InChI=1S/C20H23N3O7/c1-5-29-18(25)16-11(2)17(21-12(16)3)19(26)30-10-15(24)23-20(27)22-13-6-8-14(28-4)9-7-13/h6-9,21H,5,10H2,1-4H3,(H2,22,23,24,27). The molecule has 1 heterocycles. The predicted molar refractivity (Wildman–Crippen MR) is 107 cm³/mol. The van der Waals surface area contributed by atoms with E-state index in [2.05, 4.69) is 10.3 Å². The Morgan fingerprint density at radius 1 is 1.00 bits per heavy atom. The minimum atomic E-state index is -0.836. The van der Waals surface area contributed by atoms with Gasteiger partial charge in [-0.3, -0.25) is 10.1 Å². The van der Waals surface area contributed by atoms with Gasteiger partial charge in [0.25, 0.3) is 5.91 Å². The summed E-state index contributed by atoms with van der Waals surface area (Å²) < 4.78 is 14.9. The number of amides is 3. The number of esters is 2. The monoisotopic (exact) mass is 417 g/mol. The van der Waals surface area contributed by atoms with Crippen LogP contribution in [0.2, 0.25) is 0 Å². The van der Waals surface area contributed by atoms with E-state index < -0.39 is 30.5 Å². The van der Waals surface area contributed by atoms with Crippen molar-refractivity contribution in [3.8, 4) is 5.75 Å². The maximum absolute atomic E-state index is 12.3. The number of aromatic nitrogens is 1. The Morgan fingerprint density at radius 3 is 2.27 bits per heavy atom. The molecule has 0 atom stereocenters. The summed E-state index contributed by atoms with van der Waals surface area (Å²) in [7, 11) is 1.52. The number of anilines is 1. The number of hydrogen-bond donors (Lipinski definition) is 3. The Morgan fingerprint density at radius 2 is 1.67 bits per heavy atom. The molecule has 3 amide bonds. The molecule has 0 fully saturated rings. The molecule has 2 rings (SSSR count). The fourth-order valence-corrected chi connectivity index (χ4v) is 2.67. The summed E-state index contributed by atoms with van der Waals surface area (Å²) in [5.74, 6) is -1.60. The third kappa shape index (κ3) is 5.60. The topological polar surface area (TPSA) is 136 Å². The van der Waals surface area contributed by atoms with Crippen LogP contribution in [0.15, 0.2) is 24.3 Å². The lowest BCUT2D eigenvalue weighted by atomic mass is 10.1. The first-order valence-electron chi connectivity index (χ1n) is 9.05. The molecule has 0 spiro atoms. The van der Waals surface area contributed by atoms with Crippen LogP contribution < -0.4 is 15.4 Å². The quantitative estimate of drug-likeness (QED) is 0.588. The highest BCUT2D eigenvalue weighted by atomic mass is 16.5. The lowest BCUT2D eigenvalue weighted by Gasteiger charge is -2.08. The zero-order valence-corrected chi connectivity index (χ0v) is 17.1. The van der Waals surface area contributed by atoms with Crippen LogP contribution in [0.3, 0.4) is 0 Å². The van der Waals surface area contributed by atoms with Crippen LogP contribution in [-0.2, 0) is 14.3 Å². The Kier molecular flexibility index (Phi) is 7.56. The molecule has 0 saturated carbocycles. The first-order chi connectivity index (χ1) is 14.3. The van der Waals surface area contributed by atoms with Gasteiger partial charge in [-0.25, -0.2) is 14.4 Å². The largest absolute Gasteiger partial charge is 0.497 e. The van der Waals surface area contributed by atoms with Crippen molar-refractivity contribution in [1.82, 2.24) is 10.3 Å². The summed E-state index contributed by atoms with van der Waals surface area (Å²) in [6.07, 6.45) is 0. The molecule has 0 aliphatic heterocycles. The van der Waals surface area contributed by atoms with E-state index >= 15 is 0 Å². The number of nitrogens with one attached hydrogen (secondary N) is 3. The number of aromatic amines is 1. The van der Waals surface area contributed by atoms with Gasteiger partial charge in [0.15, 0.2) is 6.61 Å². The van der Waals surface area contributed by atoms with E-state index in [9.17, 15) is 19.2 Å². The van der Waals surface area contributed by atoms with Crippen molar-refractivity contribution in [2.24, 2.45) is 0 Å². The van der Waals surface area contributed by atoms with Crippen molar-refractivity contribution >= 4 is 29.6 Å². The second-order valence-corrected chi connectivity index (χ2v) is 6.15. The van der Waals surface area contributed by atoms with Crippen LogP contribution in [-0.4, -0.2) is 49.2 Å². The van der Waals surface area contributed by atoms with Gasteiger partial charge in [0, 0.05) is 11.4 Å². The van der Waals surface area contributed by atoms with E-state index in [0.29, 0.717) is 22.7 Å². The molecule has 0 unspecified atom stereocenters. The van der Waals surface area contributed by atoms with E-state index in [-0.39, 0.29) is 17.9 Å². The summed E-state index contributed by atoms with van der Waals surface area (Å²) in [5, 5.41) is 4.51. The summed E-state index contributed by atoms with van der Waals surface area (Å²) in [6.45, 7) is 4.37. The summed E-state index contributed by atoms with van der Waals surface area (Å²) >= 11 is 0. The number of carbonyl (C=O) groups excluding carboxylic acids is 4. The summed E-state index contributed by atoms with van der Waals surface area (Å²) in [5.41, 5.74) is 1.52. The summed E-state index contributed by atoms with van der Waals surface area (Å²) in [4.78, 5) is 50.7. The van der Waals surface area contributed by atoms with E-state index in [1.54, 1.807) is 45.0 Å². The van der Waals surface area contributed by atoms with Crippen LogP contribution in [0, 0.1) is 13.8 Å². The molecular weight excluding hydrogens is 394 g/mol. The molecule has 160 valence electrons. The Labute approximate surface area is 172 Å². The van der Waals surface area contributed by atoms with Gasteiger partial charge in [0.1, 0.15) is 11.4 Å². The zero-order chi connectivity index (χ0) is 22.3. The van der Waals surface area contributed by atoms with Crippen LogP contribution in [0.25, 0.3) is 0 Å². The number of hydrogen-bond acceptors (Lipinski definition) is 7. The predicted octanol–water partition coefficient (Wildman–Crippen LogP) is 2.32. The van der Waals surface area contributed by atoms with E-state index in [1.165, 1.54) is 7.11 Å². The molecule has 30 heavy (non-hydrogen) atoms. The van der Waals surface area contributed by atoms with E-state index in [4.69, 9.17) is 14.2 Å². The SMILES string of the molecule is CCOC(=O)c1c(C)[nH]c(C(=O)OCC(=O)NC(=O)Nc2ccc(OC)cc2)c1C. The number of imide groups is 1. The average Bonchev–Trinajstić information content (AvgIpc) is 3.01. The third-order valence-electron chi connectivity index (χ3n) is 4.06. The van der Waals surface area contributed by atoms with Gasteiger partial charge in [0.05, 0.1) is 19.3 Å². The smallest absolute Gasteiger partial charge is 0.355 e. The lowest BCUT2D eigenvalue weighted by Crippen LogP contribution is -2.37. The molecule has 10 heteroatoms. The van der Waals surface area contributed by atoms with E-state index in [1.807, 2.05) is 5.32 Å². The van der Waals surface area contributed by atoms with Crippen LogP contribution in [0.4, 0.5) is 10.5 Å². The Hall–Kier alpha value is -3.82. The van der Waals surface area contributed by atoms with Gasteiger partial charge in [-0.05, 0) is 50.6 Å². The molecule has 1 aromatic carbocycles. The maximum Gasteiger partial charge on any atom is 0.355 e. The normalized spacial score (nSPS) is 10.1. The van der Waals surface area contributed by atoms with Gasteiger partial charge < -0.3 is 24.5 Å².